The highest BCUT2D eigenvalue weighted by Crippen LogP contribution is 2.09. The Morgan fingerprint density at radius 3 is 2.80 bits per heavy atom. The number of rotatable bonds is 6. The average molecular weight is 273 g/mol. The van der Waals surface area contributed by atoms with Crippen LogP contribution < -0.4 is 5.32 Å². The number of esters is 1. The van der Waals surface area contributed by atoms with E-state index in [0.29, 0.717) is 6.54 Å². The predicted octanol–water partition coefficient (Wildman–Crippen LogP) is 2.71. The molecular formula is C16H19NO3. The van der Waals surface area contributed by atoms with E-state index in [1.54, 1.807) is 12.1 Å². The molecule has 0 amide bonds. The normalized spacial score (nSPS) is 10.5. The summed E-state index contributed by atoms with van der Waals surface area (Å²) in [7, 11) is 1.34. The maximum Gasteiger partial charge on any atom is 0.373 e. The van der Waals surface area contributed by atoms with Crippen molar-refractivity contribution in [3.8, 4) is 0 Å². The molecule has 0 spiro atoms. The summed E-state index contributed by atoms with van der Waals surface area (Å²) in [5.74, 6) is 0.523. The van der Waals surface area contributed by atoms with Gasteiger partial charge in [0.15, 0.2) is 0 Å². The van der Waals surface area contributed by atoms with Gasteiger partial charge in [-0.15, -0.1) is 0 Å². The molecule has 1 heterocycles. The van der Waals surface area contributed by atoms with Gasteiger partial charge in [0, 0.05) is 0 Å². The van der Waals surface area contributed by atoms with Crippen molar-refractivity contribution in [2.24, 2.45) is 0 Å². The van der Waals surface area contributed by atoms with Gasteiger partial charge in [0.25, 0.3) is 0 Å². The first-order chi connectivity index (χ1) is 9.70. The quantitative estimate of drug-likeness (QED) is 0.649. The molecule has 0 aliphatic heterocycles. The second-order valence-electron chi connectivity index (χ2n) is 4.61. The van der Waals surface area contributed by atoms with Crippen molar-refractivity contribution in [3.63, 3.8) is 0 Å². The van der Waals surface area contributed by atoms with Crippen molar-refractivity contribution >= 4 is 5.97 Å². The van der Waals surface area contributed by atoms with Crippen molar-refractivity contribution in [1.82, 2.24) is 5.32 Å². The Balaban J connectivity index is 1.77. The first kappa shape index (κ1) is 14.3. The fourth-order valence-electron chi connectivity index (χ4n) is 2.01. The Labute approximate surface area is 118 Å². The third-order valence-corrected chi connectivity index (χ3v) is 3.18. The van der Waals surface area contributed by atoms with Crippen molar-refractivity contribution < 1.29 is 13.9 Å². The first-order valence-corrected chi connectivity index (χ1v) is 6.63. The lowest BCUT2D eigenvalue weighted by molar-refractivity contribution is 0.0563. The molecule has 1 N–H and O–H groups in total. The molecule has 0 saturated heterocycles. The number of carbonyl (C=O) groups is 1. The molecule has 0 aliphatic rings. The van der Waals surface area contributed by atoms with E-state index < -0.39 is 5.97 Å². The summed E-state index contributed by atoms with van der Waals surface area (Å²) >= 11 is 0. The van der Waals surface area contributed by atoms with Gasteiger partial charge in [-0.25, -0.2) is 4.79 Å². The molecule has 1 aromatic carbocycles. The molecule has 0 saturated carbocycles. The van der Waals surface area contributed by atoms with Crippen LogP contribution in [0.15, 0.2) is 40.8 Å². The summed E-state index contributed by atoms with van der Waals surface area (Å²) in [6.07, 6.45) is 0.969. The Kier molecular flexibility index (Phi) is 4.96. The molecule has 2 aromatic rings. The molecule has 20 heavy (non-hydrogen) atoms. The molecule has 0 atom stereocenters. The van der Waals surface area contributed by atoms with Gasteiger partial charge in [0.2, 0.25) is 5.76 Å². The zero-order valence-electron chi connectivity index (χ0n) is 11.8. The van der Waals surface area contributed by atoms with Crippen LogP contribution in [-0.4, -0.2) is 19.6 Å². The van der Waals surface area contributed by atoms with Crippen LogP contribution in [0.5, 0.6) is 0 Å². The molecule has 1 aromatic heterocycles. The topological polar surface area (TPSA) is 51.5 Å². The van der Waals surface area contributed by atoms with E-state index >= 15 is 0 Å². The second kappa shape index (κ2) is 6.91. The molecular weight excluding hydrogens is 254 g/mol. The summed E-state index contributed by atoms with van der Waals surface area (Å²) < 4.78 is 9.97. The highest BCUT2D eigenvalue weighted by Gasteiger charge is 2.10. The van der Waals surface area contributed by atoms with Gasteiger partial charge >= 0.3 is 5.97 Å². The molecule has 0 unspecified atom stereocenters. The lowest BCUT2D eigenvalue weighted by atomic mass is 10.1. The highest BCUT2D eigenvalue weighted by molar-refractivity contribution is 5.86. The summed E-state index contributed by atoms with van der Waals surface area (Å²) in [4.78, 5) is 11.2. The van der Waals surface area contributed by atoms with E-state index in [9.17, 15) is 4.79 Å². The van der Waals surface area contributed by atoms with E-state index in [1.165, 1.54) is 18.2 Å². The van der Waals surface area contributed by atoms with Crippen LogP contribution in [0.2, 0.25) is 0 Å². The fraction of sp³-hybridized carbons (Fsp3) is 0.312. The lowest BCUT2D eigenvalue weighted by Crippen LogP contribution is -2.16. The zero-order chi connectivity index (χ0) is 14.4. The summed E-state index contributed by atoms with van der Waals surface area (Å²) in [5.41, 5.74) is 2.65. The van der Waals surface area contributed by atoms with Crippen molar-refractivity contribution in [2.75, 3.05) is 13.7 Å². The molecule has 0 aliphatic carbocycles. The van der Waals surface area contributed by atoms with Gasteiger partial charge < -0.3 is 14.5 Å². The standard InChI is InChI=1S/C16H19NO3/c1-12-5-3-4-6-13(12)9-10-17-11-14-7-8-15(20-14)16(18)19-2/h3-8,17H,9-11H2,1-2H3. The number of furan rings is 1. The van der Waals surface area contributed by atoms with E-state index in [4.69, 9.17) is 4.42 Å². The van der Waals surface area contributed by atoms with Gasteiger partial charge in [0.1, 0.15) is 5.76 Å². The fourth-order valence-corrected chi connectivity index (χ4v) is 2.01. The van der Waals surface area contributed by atoms with E-state index in [-0.39, 0.29) is 5.76 Å². The molecule has 0 fully saturated rings. The Bertz CT molecular complexity index is 575. The SMILES string of the molecule is COC(=O)c1ccc(CNCCc2ccccc2C)o1. The predicted molar refractivity (Wildman–Crippen MR) is 76.6 cm³/mol. The van der Waals surface area contributed by atoms with Gasteiger partial charge in [-0.05, 0) is 43.1 Å². The maximum atomic E-state index is 11.2. The lowest BCUT2D eigenvalue weighted by Gasteiger charge is -2.06. The third kappa shape index (κ3) is 3.71. The number of methoxy groups -OCH3 is 1. The molecule has 0 radical (unpaired) electrons. The molecule has 4 heteroatoms. The number of hydrogen-bond acceptors (Lipinski definition) is 4. The minimum absolute atomic E-state index is 0.239. The summed E-state index contributed by atoms with van der Waals surface area (Å²) in [6.45, 7) is 3.58. The van der Waals surface area contributed by atoms with Crippen molar-refractivity contribution in [3.05, 3.63) is 59.0 Å². The molecule has 0 bridgehead atoms. The number of nitrogens with one attached hydrogen (secondary N) is 1. The number of ether oxygens (including phenoxy) is 1. The number of hydrogen-bond donors (Lipinski definition) is 1. The summed E-state index contributed by atoms with van der Waals surface area (Å²) in [5, 5.41) is 3.30. The highest BCUT2D eigenvalue weighted by atomic mass is 16.5. The first-order valence-electron chi connectivity index (χ1n) is 6.63. The minimum atomic E-state index is -0.448. The second-order valence-corrected chi connectivity index (χ2v) is 4.61. The van der Waals surface area contributed by atoms with Gasteiger partial charge in [-0.3, -0.25) is 0 Å². The number of aryl methyl sites for hydroxylation is 1. The van der Waals surface area contributed by atoms with Crippen LogP contribution >= 0.6 is 0 Å². The monoisotopic (exact) mass is 273 g/mol. The molecule has 4 nitrogen and oxygen atoms in total. The van der Waals surface area contributed by atoms with Crippen molar-refractivity contribution in [2.45, 2.75) is 19.9 Å². The van der Waals surface area contributed by atoms with Gasteiger partial charge in [-0.1, -0.05) is 24.3 Å². The van der Waals surface area contributed by atoms with Crippen LogP contribution in [-0.2, 0) is 17.7 Å². The van der Waals surface area contributed by atoms with Gasteiger partial charge in [0.05, 0.1) is 13.7 Å². The molecule has 106 valence electrons. The summed E-state index contributed by atoms with van der Waals surface area (Å²) in [6, 6.07) is 11.8. The van der Waals surface area contributed by atoms with Crippen LogP contribution in [0.1, 0.15) is 27.4 Å². The Morgan fingerprint density at radius 1 is 1.25 bits per heavy atom. The van der Waals surface area contributed by atoms with Crippen molar-refractivity contribution in [1.29, 1.82) is 0 Å². The minimum Gasteiger partial charge on any atom is -0.463 e. The number of carbonyl (C=O) groups excluding carboxylic acids is 1. The Hall–Kier alpha value is -2.07. The van der Waals surface area contributed by atoms with Crippen LogP contribution in [0, 0.1) is 6.92 Å². The largest absolute Gasteiger partial charge is 0.463 e. The van der Waals surface area contributed by atoms with Crippen LogP contribution in [0.3, 0.4) is 0 Å². The zero-order valence-corrected chi connectivity index (χ0v) is 11.8. The number of benzene rings is 1. The average Bonchev–Trinajstić information content (AvgIpc) is 2.93. The maximum absolute atomic E-state index is 11.2. The van der Waals surface area contributed by atoms with Crippen LogP contribution in [0.25, 0.3) is 0 Å². The van der Waals surface area contributed by atoms with E-state index in [2.05, 4.69) is 35.2 Å². The molecule has 2 rings (SSSR count). The third-order valence-electron chi connectivity index (χ3n) is 3.18. The van der Waals surface area contributed by atoms with Crippen LogP contribution in [0.4, 0.5) is 0 Å². The van der Waals surface area contributed by atoms with Gasteiger partial charge in [-0.2, -0.15) is 0 Å². The smallest absolute Gasteiger partial charge is 0.373 e. The van der Waals surface area contributed by atoms with E-state index in [0.717, 1.165) is 18.7 Å². The Morgan fingerprint density at radius 2 is 2.05 bits per heavy atom. The van der Waals surface area contributed by atoms with E-state index in [1.807, 2.05) is 6.07 Å².